The second-order valence-electron chi connectivity index (χ2n) is 6.60. The lowest BCUT2D eigenvalue weighted by Crippen LogP contribution is -2.35. The summed E-state index contributed by atoms with van der Waals surface area (Å²) in [4.78, 5) is 24.6. The number of rotatable bonds is 6. The van der Waals surface area contributed by atoms with Crippen LogP contribution in [0.3, 0.4) is 0 Å². The van der Waals surface area contributed by atoms with Crippen molar-refractivity contribution in [2.24, 2.45) is 0 Å². The molecule has 154 valence electrons. The molecule has 4 rings (SSSR count). The number of fused-ring (bicyclic) bond motifs is 1. The summed E-state index contributed by atoms with van der Waals surface area (Å²) >= 11 is 6.15. The van der Waals surface area contributed by atoms with Crippen LogP contribution in [0.25, 0.3) is 11.3 Å². The third kappa shape index (κ3) is 4.26. The van der Waals surface area contributed by atoms with Gasteiger partial charge in [0.1, 0.15) is 5.76 Å². The molecular formula is C22H18ClNO6. The van der Waals surface area contributed by atoms with Gasteiger partial charge in [0.2, 0.25) is 12.6 Å². The highest BCUT2D eigenvalue weighted by Gasteiger charge is 2.22. The second kappa shape index (κ2) is 8.51. The largest absolute Gasteiger partial charge is 0.454 e. The van der Waals surface area contributed by atoms with Crippen LogP contribution in [0.15, 0.2) is 59.0 Å². The average molecular weight is 428 g/mol. The van der Waals surface area contributed by atoms with Gasteiger partial charge < -0.3 is 23.9 Å². The normalized spacial score (nSPS) is 13.0. The number of halogens is 1. The summed E-state index contributed by atoms with van der Waals surface area (Å²) in [6.45, 7) is 1.93. The fraction of sp³-hybridized carbons (Fsp3) is 0.182. The number of ether oxygens (including phenoxy) is 3. The van der Waals surface area contributed by atoms with Crippen molar-refractivity contribution in [1.29, 1.82) is 0 Å². The molecule has 2 aromatic carbocycles. The molecule has 0 saturated heterocycles. The first-order chi connectivity index (χ1) is 14.5. The van der Waals surface area contributed by atoms with E-state index in [9.17, 15) is 9.59 Å². The molecule has 1 N–H and O–H groups in total. The van der Waals surface area contributed by atoms with E-state index in [1.807, 2.05) is 12.1 Å². The lowest BCUT2D eigenvalue weighted by molar-refractivity contribution is -0.129. The van der Waals surface area contributed by atoms with Gasteiger partial charge in [0.25, 0.3) is 5.91 Å². The summed E-state index contributed by atoms with van der Waals surface area (Å²) in [5, 5.41) is 3.23. The molecule has 0 radical (unpaired) electrons. The van der Waals surface area contributed by atoms with Crippen LogP contribution in [-0.2, 0) is 16.1 Å². The molecule has 1 amide bonds. The zero-order valence-electron chi connectivity index (χ0n) is 16.0. The Bertz CT molecular complexity index is 1090. The van der Waals surface area contributed by atoms with E-state index >= 15 is 0 Å². The number of amides is 1. The fourth-order valence-corrected chi connectivity index (χ4v) is 3.14. The zero-order valence-corrected chi connectivity index (χ0v) is 16.8. The number of furan rings is 1. The van der Waals surface area contributed by atoms with Crippen LogP contribution in [0.1, 0.15) is 23.0 Å². The lowest BCUT2D eigenvalue weighted by atomic mass is 10.2. The van der Waals surface area contributed by atoms with Crippen molar-refractivity contribution in [2.45, 2.75) is 19.6 Å². The predicted molar refractivity (Wildman–Crippen MR) is 108 cm³/mol. The highest BCUT2D eigenvalue weighted by atomic mass is 35.5. The van der Waals surface area contributed by atoms with Gasteiger partial charge in [0.15, 0.2) is 17.6 Å². The van der Waals surface area contributed by atoms with Gasteiger partial charge in [0.05, 0.1) is 5.02 Å². The average Bonchev–Trinajstić information content (AvgIpc) is 3.41. The van der Waals surface area contributed by atoms with E-state index in [2.05, 4.69) is 5.32 Å². The summed E-state index contributed by atoms with van der Waals surface area (Å²) in [5.74, 6) is 0.557. The van der Waals surface area contributed by atoms with E-state index in [0.29, 0.717) is 27.8 Å². The first-order valence-electron chi connectivity index (χ1n) is 9.23. The van der Waals surface area contributed by atoms with Crippen LogP contribution in [0.4, 0.5) is 0 Å². The molecule has 0 bridgehead atoms. The summed E-state index contributed by atoms with van der Waals surface area (Å²) in [6, 6.07) is 15.6. The van der Waals surface area contributed by atoms with Gasteiger partial charge in [-0.05, 0) is 48.9 Å². The smallest absolute Gasteiger partial charge is 0.375 e. The van der Waals surface area contributed by atoms with E-state index in [0.717, 1.165) is 5.56 Å². The second-order valence-corrected chi connectivity index (χ2v) is 7.00. The number of carbonyl (C=O) groups is 2. The van der Waals surface area contributed by atoms with E-state index in [-0.39, 0.29) is 19.1 Å². The number of benzene rings is 2. The quantitative estimate of drug-likeness (QED) is 0.593. The Morgan fingerprint density at radius 2 is 1.90 bits per heavy atom. The van der Waals surface area contributed by atoms with Gasteiger partial charge in [0, 0.05) is 12.1 Å². The molecule has 1 atom stereocenters. The number of esters is 1. The first kappa shape index (κ1) is 19.8. The molecule has 1 aromatic heterocycles. The standard InChI is InChI=1S/C22H18ClNO6/c1-13(21(25)24-11-14-6-7-18-20(10-14)28-12-27-18)29-22(26)19-9-8-17(30-19)15-4-2-3-5-16(15)23/h2-10,13H,11-12H2,1H3,(H,24,25). The summed E-state index contributed by atoms with van der Waals surface area (Å²) < 4.78 is 21.3. The van der Waals surface area contributed by atoms with Gasteiger partial charge in [-0.2, -0.15) is 0 Å². The van der Waals surface area contributed by atoms with E-state index in [4.69, 9.17) is 30.2 Å². The van der Waals surface area contributed by atoms with E-state index < -0.39 is 18.0 Å². The van der Waals surface area contributed by atoms with Crippen molar-refractivity contribution in [3.63, 3.8) is 0 Å². The molecule has 1 aliphatic rings. The molecule has 0 fully saturated rings. The topological polar surface area (TPSA) is 87.0 Å². The van der Waals surface area contributed by atoms with Crippen LogP contribution in [0, 0.1) is 0 Å². The molecule has 1 unspecified atom stereocenters. The number of nitrogens with one attached hydrogen (secondary N) is 1. The van der Waals surface area contributed by atoms with Crippen LogP contribution in [0.2, 0.25) is 5.02 Å². The maximum Gasteiger partial charge on any atom is 0.375 e. The molecular weight excluding hydrogens is 410 g/mol. The molecule has 0 aliphatic carbocycles. The van der Waals surface area contributed by atoms with Crippen molar-refractivity contribution < 1.29 is 28.2 Å². The van der Waals surface area contributed by atoms with Crippen LogP contribution < -0.4 is 14.8 Å². The maximum absolute atomic E-state index is 12.3. The Kier molecular flexibility index (Phi) is 5.63. The first-order valence-corrected chi connectivity index (χ1v) is 9.61. The molecule has 30 heavy (non-hydrogen) atoms. The maximum atomic E-state index is 12.3. The highest BCUT2D eigenvalue weighted by molar-refractivity contribution is 6.33. The van der Waals surface area contributed by atoms with Crippen LogP contribution in [0.5, 0.6) is 11.5 Å². The third-order valence-electron chi connectivity index (χ3n) is 4.50. The van der Waals surface area contributed by atoms with Crippen molar-refractivity contribution in [3.8, 4) is 22.8 Å². The summed E-state index contributed by atoms with van der Waals surface area (Å²) in [5.41, 5.74) is 1.49. The SMILES string of the molecule is CC(OC(=O)c1ccc(-c2ccccc2Cl)o1)C(=O)NCc1ccc2c(c1)OCO2. The number of hydrogen-bond donors (Lipinski definition) is 1. The molecule has 3 aromatic rings. The minimum atomic E-state index is -1.000. The van der Waals surface area contributed by atoms with E-state index in [1.54, 1.807) is 36.4 Å². The van der Waals surface area contributed by atoms with Gasteiger partial charge >= 0.3 is 5.97 Å². The Hall–Kier alpha value is -3.45. The Balaban J connectivity index is 1.33. The van der Waals surface area contributed by atoms with Gasteiger partial charge in [-0.3, -0.25) is 4.79 Å². The molecule has 0 saturated carbocycles. The molecule has 8 heteroatoms. The van der Waals surface area contributed by atoms with Crippen molar-refractivity contribution in [2.75, 3.05) is 6.79 Å². The summed E-state index contributed by atoms with van der Waals surface area (Å²) in [6.07, 6.45) is -1.000. The third-order valence-corrected chi connectivity index (χ3v) is 4.83. The zero-order chi connectivity index (χ0) is 21.1. The van der Waals surface area contributed by atoms with Gasteiger partial charge in [-0.25, -0.2) is 4.79 Å². The number of hydrogen-bond acceptors (Lipinski definition) is 6. The Morgan fingerprint density at radius 3 is 2.73 bits per heavy atom. The molecule has 0 spiro atoms. The van der Waals surface area contributed by atoms with Gasteiger partial charge in [-0.15, -0.1) is 0 Å². The minimum absolute atomic E-state index is 0.0136. The van der Waals surface area contributed by atoms with Crippen molar-refractivity contribution in [3.05, 3.63) is 70.9 Å². The number of carbonyl (C=O) groups excluding carboxylic acids is 2. The highest BCUT2D eigenvalue weighted by Crippen LogP contribution is 2.32. The van der Waals surface area contributed by atoms with Crippen LogP contribution in [-0.4, -0.2) is 24.8 Å². The molecule has 2 heterocycles. The lowest BCUT2D eigenvalue weighted by Gasteiger charge is -2.13. The van der Waals surface area contributed by atoms with Crippen molar-refractivity contribution in [1.82, 2.24) is 5.32 Å². The Morgan fingerprint density at radius 1 is 1.10 bits per heavy atom. The summed E-state index contributed by atoms with van der Waals surface area (Å²) in [7, 11) is 0. The van der Waals surface area contributed by atoms with Crippen molar-refractivity contribution >= 4 is 23.5 Å². The monoisotopic (exact) mass is 427 g/mol. The van der Waals surface area contributed by atoms with E-state index in [1.165, 1.54) is 13.0 Å². The molecule has 7 nitrogen and oxygen atoms in total. The van der Waals surface area contributed by atoms with Crippen LogP contribution >= 0.6 is 11.6 Å². The predicted octanol–water partition coefficient (Wildman–Crippen LogP) is 4.19. The Labute approximate surface area is 177 Å². The minimum Gasteiger partial charge on any atom is -0.454 e. The fourth-order valence-electron chi connectivity index (χ4n) is 2.91. The van der Waals surface area contributed by atoms with Gasteiger partial charge in [-0.1, -0.05) is 29.8 Å². The molecule has 1 aliphatic heterocycles.